The van der Waals surface area contributed by atoms with Crippen molar-refractivity contribution in [1.29, 1.82) is 0 Å². The molecule has 10 nitrogen and oxygen atoms in total. The van der Waals surface area contributed by atoms with Crippen molar-refractivity contribution in [3.8, 4) is 0 Å². The minimum Gasteiger partial charge on any atom is -0.478 e. The van der Waals surface area contributed by atoms with Gasteiger partial charge in [0, 0.05) is 24.1 Å². The van der Waals surface area contributed by atoms with Gasteiger partial charge in [0.05, 0.1) is 12.1 Å². The van der Waals surface area contributed by atoms with Crippen LogP contribution in [0.1, 0.15) is 19.3 Å². The predicted octanol–water partition coefficient (Wildman–Crippen LogP) is -1.72. The van der Waals surface area contributed by atoms with E-state index in [0.717, 1.165) is 0 Å². The van der Waals surface area contributed by atoms with Crippen LogP contribution in [0.25, 0.3) is 0 Å². The first kappa shape index (κ1) is 19.2. The summed E-state index contributed by atoms with van der Waals surface area (Å²) in [6.45, 7) is 0.332. The molecular formula is C14H21N5O5. The van der Waals surface area contributed by atoms with Crippen LogP contribution in [0, 0.1) is 0 Å². The van der Waals surface area contributed by atoms with Gasteiger partial charge in [0.25, 0.3) is 0 Å². The van der Waals surface area contributed by atoms with E-state index in [9.17, 15) is 14.4 Å². The van der Waals surface area contributed by atoms with E-state index in [-0.39, 0.29) is 23.5 Å². The molecule has 9 N–H and O–H groups in total. The summed E-state index contributed by atoms with van der Waals surface area (Å²) in [6, 6.07) is -1.68. The maximum Gasteiger partial charge on any atom is 0.331 e. The minimum absolute atomic E-state index is 0.0482. The maximum absolute atomic E-state index is 12.0. The molecule has 0 aromatic heterocycles. The Bertz CT molecular complexity index is 577. The van der Waals surface area contributed by atoms with Crippen LogP contribution in [0.2, 0.25) is 0 Å². The molecule has 1 unspecified atom stereocenters. The van der Waals surface area contributed by atoms with Gasteiger partial charge in [-0.1, -0.05) is 0 Å². The first-order chi connectivity index (χ1) is 11.2. The van der Waals surface area contributed by atoms with Gasteiger partial charge in [-0.2, -0.15) is 0 Å². The van der Waals surface area contributed by atoms with Gasteiger partial charge in [-0.05, 0) is 25.0 Å². The molecule has 1 rings (SSSR count). The van der Waals surface area contributed by atoms with Crippen molar-refractivity contribution < 1.29 is 24.6 Å². The van der Waals surface area contributed by atoms with Crippen LogP contribution in [-0.2, 0) is 14.4 Å². The lowest BCUT2D eigenvalue weighted by atomic mass is 9.95. The van der Waals surface area contributed by atoms with Crippen LogP contribution in [0.3, 0.4) is 0 Å². The molecule has 0 spiro atoms. The first-order valence-electron chi connectivity index (χ1n) is 7.20. The van der Waals surface area contributed by atoms with Crippen LogP contribution in [0.4, 0.5) is 0 Å². The van der Waals surface area contributed by atoms with E-state index in [1.807, 2.05) is 0 Å². The van der Waals surface area contributed by atoms with Gasteiger partial charge < -0.3 is 32.7 Å². The van der Waals surface area contributed by atoms with Crippen molar-refractivity contribution in [2.75, 3.05) is 6.54 Å². The Labute approximate surface area is 138 Å². The third kappa shape index (κ3) is 6.08. The fourth-order valence-corrected chi connectivity index (χ4v) is 2.10. The van der Waals surface area contributed by atoms with Crippen LogP contribution in [0.15, 0.2) is 28.3 Å². The number of carbonyl (C=O) groups excluding carboxylic acids is 1. The fourth-order valence-electron chi connectivity index (χ4n) is 2.10. The van der Waals surface area contributed by atoms with Crippen LogP contribution in [0.5, 0.6) is 0 Å². The zero-order chi connectivity index (χ0) is 18.3. The second-order valence-electron chi connectivity index (χ2n) is 5.26. The zero-order valence-electron chi connectivity index (χ0n) is 12.9. The van der Waals surface area contributed by atoms with Gasteiger partial charge in [0.2, 0.25) is 5.91 Å². The molecule has 1 aliphatic rings. The van der Waals surface area contributed by atoms with E-state index in [0.29, 0.717) is 19.4 Å². The van der Waals surface area contributed by atoms with Gasteiger partial charge in [-0.3, -0.25) is 9.79 Å². The molecule has 0 saturated carbocycles. The van der Waals surface area contributed by atoms with E-state index in [2.05, 4.69) is 10.3 Å². The number of rotatable bonds is 8. The summed E-state index contributed by atoms with van der Waals surface area (Å²) in [5.41, 5.74) is 15.9. The number of carboxylic acids is 2. The maximum atomic E-state index is 12.0. The molecule has 132 valence electrons. The molecule has 1 aliphatic carbocycles. The first-order valence-corrected chi connectivity index (χ1v) is 7.20. The summed E-state index contributed by atoms with van der Waals surface area (Å²) < 4.78 is 0. The molecule has 24 heavy (non-hydrogen) atoms. The summed E-state index contributed by atoms with van der Waals surface area (Å²) in [4.78, 5) is 37.9. The number of hydrogen-bond acceptors (Lipinski definition) is 5. The molecule has 0 aromatic carbocycles. The summed E-state index contributed by atoms with van der Waals surface area (Å²) in [6.07, 6.45) is 3.18. The van der Waals surface area contributed by atoms with Crippen molar-refractivity contribution in [1.82, 2.24) is 5.32 Å². The lowest BCUT2D eigenvalue weighted by Crippen LogP contribution is -2.45. The number of hydrogen-bond donors (Lipinski definition) is 6. The molecular weight excluding hydrogens is 318 g/mol. The standard InChI is InChI=1S/C14H21N5O5/c15-10(2-1-3-18-14(16)17)11(20)19-9-5-7(12(21)22)4-8(6-9)13(23)24/h5-6,9-10H,1-4,15H2,(H,19,20)(H,21,22)(H,23,24)(H4,16,17,18). The molecule has 0 saturated heterocycles. The van der Waals surface area contributed by atoms with Crippen LogP contribution in [-0.4, -0.2) is 52.6 Å². The van der Waals surface area contributed by atoms with Crippen molar-refractivity contribution >= 4 is 23.8 Å². The topological polar surface area (TPSA) is 194 Å². The number of carboxylic acid groups (broad SMARTS) is 2. The van der Waals surface area contributed by atoms with E-state index in [4.69, 9.17) is 27.4 Å². The van der Waals surface area contributed by atoms with Gasteiger partial charge in [0.1, 0.15) is 0 Å². The number of nitrogens with two attached hydrogens (primary N) is 3. The zero-order valence-corrected chi connectivity index (χ0v) is 12.9. The van der Waals surface area contributed by atoms with Crippen molar-refractivity contribution in [3.05, 3.63) is 23.3 Å². The molecule has 1 atom stereocenters. The molecule has 0 heterocycles. The van der Waals surface area contributed by atoms with Gasteiger partial charge in [-0.25, -0.2) is 9.59 Å². The Hall–Kier alpha value is -2.88. The molecule has 0 bridgehead atoms. The number of aliphatic imine (C=N–C) groups is 1. The van der Waals surface area contributed by atoms with E-state index < -0.39 is 29.9 Å². The van der Waals surface area contributed by atoms with Crippen molar-refractivity contribution in [3.63, 3.8) is 0 Å². The van der Waals surface area contributed by atoms with Gasteiger partial charge in [-0.15, -0.1) is 0 Å². The van der Waals surface area contributed by atoms with Crippen molar-refractivity contribution in [2.45, 2.75) is 31.3 Å². The Morgan fingerprint density at radius 1 is 1.21 bits per heavy atom. The number of amides is 1. The second kappa shape index (κ2) is 8.67. The highest BCUT2D eigenvalue weighted by Gasteiger charge is 2.24. The van der Waals surface area contributed by atoms with Gasteiger partial charge >= 0.3 is 11.9 Å². The lowest BCUT2D eigenvalue weighted by molar-refractivity contribution is -0.133. The summed E-state index contributed by atoms with van der Waals surface area (Å²) in [5.74, 6) is -3.04. The number of aliphatic carboxylic acids is 2. The molecule has 1 amide bonds. The number of guanidine groups is 1. The normalized spacial score (nSPS) is 15.7. The lowest BCUT2D eigenvalue weighted by Gasteiger charge is -2.20. The highest BCUT2D eigenvalue weighted by atomic mass is 16.4. The molecule has 0 aliphatic heterocycles. The largest absolute Gasteiger partial charge is 0.478 e. The number of nitrogens with zero attached hydrogens (tertiary/aromatic N) is 1. The third-order valence-corrected chi connectivity index (χ3v) is 3.31. The second-order valence-corrected chi connectivity index (χ2v) is 5.26. The minimum atomic E-state index is -1.23. The highest BCUT2D eigenvalue weighted by Crippen LogP contribution is 2.19. The van der Waals surface area contributed by atoms with E-state index in [1.54, 1.807) is 0 Å². The third-order valence-electron chi connectivity index (χ3n) is 3.31. The Balaban J connectivity index is 2.65. The summed E-state index contributed by atoms with van der Waals surface area (Å²) >= 11 is 0. The summed E-state index contributed by atoms with van der Waals surface area (Å²) in [5, 5.41) is 20.6. The number of nitrogens with one attached hydrogen (secondary N) is 1. The number of carbonyl (C=O) groups is 3. The SMILES string of the molecule is NC(N)=NCCCC(N)C(=O)NC1C=C(C(=O)O)CC(C(=O)O)=C1. The molecule has 0 fully saturated rings. The van der Waals surface area contributed by atoms with Crippen LogP contribution >= 0.6 is 0 Å². The molecule has 0 radical (unpaired) electrons. The molecule has 0 aromatic rings. The predicted molar refractivity (Wildman–Crippen MR) is 85.9 cm³/mol. The van der Waals surface area contributed by atoms with E-state index >= 15 is 0 Å². The average molecular weight is 339 g/mol. The quantitative estimate of drug-likeness (QED) is 0.170. The summed E-state index contributed by atoms with van der Waals surface area (Å²) in [7, 11) is 0. The highest BCUT2D eigenvalue weighted by molar-refractivity contribution is 5.94. The van der Waals surface area contributed by atoms with Crippen LogP contribution < -0.4 is 22.5 Å². The molecule has 10 heteroatoms. The Kier molecular flexibility index (Phi) is 6.93. The van der Waals surface area contributed by atoms with Gasteiger partial charge in [0.15, 0.2) is 5.96 Å². The fraction of sp³-hybridized carbons (Fsp3) is 0.429. The monoisotopic (exact) mass is 339 g/mol. The smallest absolute Gasteiger partial charge is 0.331 e. The van der Waals surface area contributed by atoms with Crippen molar-refractivity contribution in [2.24, 2.45) is 22.2 Å². The Morgan fingerprint density at radius 2 is 1.75 bits per heavy atom. The average Bonchev–Trinajstić information content (AvgIpc) is 2.50. The Morgan fingerprint density at radius 3 is 2.21 bits per heavy atom. The van der Waals surface area contributed by atoms with E-state index in [1.165, 1.54) is 12.2 Å².